The van der Waals surface area contributed by atoms with E-state index < -0.39 is 21.4 Å². The number of halogens is 1. The lowest BCUT2D eigenvalue weighted by Crippen LogP contribution is -2.39. The molecule has 1 N–H and O–H groups in total. The molecular weight excluding hydrogens is 336 g/mol. The van der Waals surface area contributed by atoms with E-state index in [1.165, 1.54) is 25.6 Å². The van der Waals surface area contributed by atoms with Gasteiger partial charge in [0, 0.05) is 23.4 Å². The number of carbonyl (C=O) groups is 1. The minimum atomic E-state index is -3.71. The van der Waals surface area contributed by atoms with Crippen LogP contribution in [0.25, 0.3) is 0 Å². The van der Waals surface area contributed by atoms with E-state index in [0.717, 1.165) is 0 Å². The summed E-state index contributed by atoms with van der Waals surface area (Å²) >= 11 is 3.15. The average molecular weight is 351 g/mol. The van der Waals surface area contributed by atoms with Gasteiger partial charge >= 0.3 is 5.97 Å². The zero-order valence-corrected chi connectivity index (χ0v) is 13.2. The number of nitrogens with one attached hydrogen (secondary N) is 1. The van der Waals surface area contributed by atoms with E-state index in [2.05, 4.69) is 30.4 Å². The first-order chi connectivity index (χ1) is 8.69. The molecule has 0 aromatic carbocycles. The van der Waals surface area contributed by atoms with Gasteiger partial charge in [-0.1, -0.05) is 0 Å². The Hall–Kier alpha value is -0.990. The minimum absolute atomic E-state index is 0.0301. The van der Waals surface area contributed by atoms with Crippen molar-refractivity contribution in [2.75, 3.05) is 13.7 Å². The first kappa shape index (κ1) is 16.1. The second-order valence-corrected chi connectivity index (χ2v) is 7.22. The number of nitrogens with zero attached hydrogens (tertiary/aromatic N) is 1. The van der Waals surface area contributed by atoms with Crippen LogP contribution < -0.4 is 4.72 Å². The number of methoxy groups -OCH3 is 1. The molecule has 0 aliphatic heterocycles. The quantitative estimate of drug-likeness (QED) is 0.809. The number of hydrogen-bond acceptors (Lipinski definition) is 5. The molecule has 0 unspecified atom stereocenters. The fraction of sp³-hybridized carbons (Fsp3) is 0.455. The molecule has 1 aromatic heterocycles. The van der Waals surface area contributed by atoms with Crippen LogP contribution in [0.5, 0.6) is 0 Å². The number of ether oxygens (including phenoxy) is 1. The molecule has 0 bridgehead atoms. The van der Waals surface area contributed by atoms with Crippen LogP contribution in [0.3, 0.4) is 0 Å². The molecule has 19 heavy (non-hydrogen) atoms. The first-order valence-electron chi connectivity index (χ1n) is 5.38. The summed E-state index contributed by atoms with van der Waals surface area (Å²) < 4.78 is 31.6. The summed E-state index contributed by atoms with van der Waals surface area (Å²) in [6.45, 7) is 3.13. The molecule has 0 spiro atoms. The van der Waals surface area contributed by atoms with Crippen molar-refractivity contribution in [1.29, 1.82) is 0 Å². The molecule has 1 heterocycles. The lowest BCUT2D eigenvalue weighted by atomic mass is 9.94. The molecule has 0 amide bonds. The predicted octanol–water partition coefficient (Wildman–Crippen LogP) is 1.32. The standard InChI is InChI=1S/C11H15BrN2O4S/c1-11(2,10(15)18-3)7-14-19(16,17)9-4-8(12)5-13-6-9/h4-6,14H,7H2,1-3H3. The monoisotopic (exact) mass is 350 g/mol. The van der Waals surface area contributed by atoms with E-state index in [-0.39, 0.29) is 11.4 Å². The van der Waals surface area contributed by atoms with E-state index >= 15 is 0 Å². The average Bonchev–Trinajstić information content (AvgIpc) is 2.35. The third-order valence-corrected chi connectivity index (χ3v) is 4.23. The van der Waals surface area contributed by atoms with E-state index in [1.54, 1.807) is 13.8 Å². The van der Waals surface area contributed by atoms with Crippen molar-refractivity contribution in [3.05, 3.63) is 22.9 Å². The number of sulfonamides is 1. The minimum Gasteiger partial charge on any atom is -0.469 e. The van der Waals surface area contributed by atoms with Crippen LogP contribution in [-0.4, -0.2) is 33.0 Å². The van der Waals surface area contributed by atoms with Gasteiger partial charge in [-0.3, -0.25) is 9.78 Å². The van der Waals surface area contributed by atoms with E-state index in [0.29, 0.717) is 4.47 Å². The number of hydrogen-bond donors (Lipinski definition) is 1. The van der Waals surface area contributed by atoms with Gasteiger partial charge in [-0.2, -0.15) is 0 Å². The number of pyridine rings is 1. The molecular formula is C11H15BrN2O4S. The fourth-order valence-electron chi connectivity index (χ4n) is 1.25. The van der Waals surface area contributed by atoms with Crippen molar-refractivity contribution in [3.8, 4) is 0 Å². The summed E-state index contributed by atoms with van der Waals surface area (Å²) in [6, 6.07) is 1.43. The van der Waals surface area contributed by atoms with Crippen LogP contribution in [0.1, 0.15) is 13.8 Å². The van der Waals surface area contributed by atoms with Crippen LogP contribution in [0.4, 0.5) is 0 Å². The van der Waals surface area contributed by atoms with Gasteiger partial charge in [0.2, 0.25) is 10.0 Å². The maximum absolute atomic E-state index is 12.0. The number of esters is 1. The topological polar surface area (TPSA) is 85.4 Å². The van der Waals surface area contributed by atoms with Crippen molar-refractivity contribution in [1.82, 2.24) is 9.71 Å². The Bertz CT molecular complexity index is 572. The van der Waals surface area contributed by atoms with Gasteiger partial charge in [0.05, 0.1) is 12.5 Å². The summed E-state index contributed by atoms with van der Waals surface area (Å²) in [5.41, 5.74) is -0.943. The van der Waals surface area contributed by atoms with Crippen LogP contribution in [-0.2, 0) is 19.6 Å². The van der Waals surface area contributed by atoms with Crippen LogP contribution in [0, 0.1) is 5.41 Å². The highest BCUT2D eigenvalue weighted by Crippen LogP contribution is 2.18. The highest BCUT2D eigenvalue weighted by atomic mass is 79.9. The molecule has 0 fully saturated rings. The normalized spacial score (nSPS) is 12.2. The summed E-state index contributed by atoms with van der Waals surface area (Å²) in [7, 11) is -2.45. The third kappa shape index (κ3) is 4.26. The third-order valence-electron chi connectivity index (χ3n) is 2.43. The summed E-state index contributed by atoms with van der Waals surface area (Å²) in [5.74, 6) is -0.484. The van der Waals surface area contributed by atoms with E-state index in [4.69, 9.17) is 0 Å². The van der Waals surface area contributed by atoms with E-state index in [9.17, 15) is 13.2 Å². The van der Waals surface area contributed by atoms with Crippen LogP contribution in [0.15, 0.2) is 27.8 Å². The zero-order valence-electron chi connectivity index (χ0n) is 10.8. The van der Waals surface area contributed by atoms with Crippen molar-refractivity contribution < 1.29 is 17.9 Å². The second-order valence-electron chi connectivity index (χ2n) is 4.54. The predicted molar refractivity (Wildman–Crippen MR) is 72.9 cm³/mol. The largest absolute Gasteiger partial charge is 0.469 e. The molecule has 0 aliphatic rings. The molecule has 0 atom stereocenters. The van der Waals surface area contributed by atoms with Crippen molar-refractivity contribution in [2.24, 2.45) is 5.41 Å². The van der Waals surface area contributed by atoms with Crippen molar-refractivity contribution in [3.63, 3.8) is 0 Å². The summed E-state index contributed by atoms with van der Waals surface area (Å²) in [5, 5.41) is 0. The smallest absolute Gasteiger partial charge is 0.312 e. The molecule has 8 heteroatoms. The lowest BCUT2D eigenvalue weighted by molar-refractivity contribution is -0.150. The van der Waals surface area contributed by atoms with Crippen LogP contribution >= 0.6 is 15.9 Å². The number of rotatable bonds is 5. The SMILES string of the molecule is COC(=O)C(C)(C)CNS(=O)(=O)c1cncc(Br)c1. The Kier molecular flexibility index (Phi) is 5.05. The zero-order chi connectivity index (χ0) is 14.7. The lowest BCUT2D eigenvalue weighted by Gasteiger charge is -2.21. The number of aromatic nitrogens is 1. The Morgan fingerprint density at radius 3 is 2.63 bits per heavy atom. The van der Waals surface area contributed by atoms with Crippen molar-refractivity contribution in [2.45, 2.75) is 18.7 Å². The van der Waals surface area contributed by atoms with Gasteiger partial charge in [-0.25, -0.2) is 13.1 Å². The number of carbonyl (C=O) groups excluding carboxylic acids is 1. The highest BCUT2D eigenvalue weighted by Gasteiger charge is 2.30. The molecule has 0 saturated carbocycles. The van der Waals surface area contributed by atoms with Gasteiger partial charge in [-0.05, 0) is 35.8 Å². The Labute approximate surface area is 120 Å². The van der Waals surface area contributed by atoms with Gasteiger partial charge in [0.25, 0.3) is 0 Å². The van der Waals surface area contributed by atoms with Gasteiger partial charge in [0.1, 0.15) is 4.90 Å². The Morgan fingerprint density at radius 2 is 2.11 bits per heavy atom. The Morgan fingerprint density at radius 1 is 1.47 bits per heavy atom. The molecule has 1 aromatic rings. The summed E-state index contributed by atoms with van der Waals surface area (Å²) in [4.78, 5) is 15.3. The Balaban J connectivity index is 2.85. The molecule has 1 rings (SSSR count). The summed E-state index contributed by atoms with van der Waals surface area (Å²) in [6.07, 6.45) is 2.72. The van der Waals surface area contributed by atoms with Gasteiger partial charge in [-0.15, -0.1) is 0 Å². The van der Waals surface area contributed by atoms with Crippen molar-refractivity contribution >= 4 is 31.9 Å². The first-order valence-corrected chi connectivity index (χ1v) is 7.65. The van der Waals surface area contributed by atoms with Gasteiger partial charge < -0.3 is 4.74 Å². The molecule has 6 nitrogen and oxygen atoms in total. The maximum atomic E-state index is 12.0. The molecule has 0 aliphatic carbocycles. The second kappa shape index (κ2) is 5.98. The highest BCUT2D eigenvalue weighted by molar-refractivity contribution is 9.10. The molecule has 106 valence electrons. The fourth-order valence-corrected chi connectivity index (χ4v) is 2.96. The maximum Gasteiger partial charge on any atom is 0.312 e. The molecule has 0 saturated heterocycles. The van der Waals surface area contributed by atoms with Crippen LogP contribution in [0.2, 0.25) is 0 Å². The van der Waals surface area contributed by atoms with E-state index in [1.807, 2.05) is 0 Å². The van der Waals surface area contributed by atoms with Gasteiger partial charge in [0.15, 0.2) is 0 Å². The molecule has 0 radical (unpaired) electrons.